The third kappa shape index (κ3) is 2.74. The summed E-state index contributed by atoms with van der Waals surface area (Å²) >= 11 is 0. The first-order valence-electron chi connectivity index (χ1n) is 4.86. The van der Waals surface area contributed by atoms with Crippen LogP contribution in [0.4, 0.5) is 0 Å². The quantitative estimate of drug-likeness (QED) is 0.758. The summed E-state index contributed by atoms with van der Waals surface area (Å²) in [5, 5.41) is 19.4. The molecule has 2 nitrogen and oxygen atoms in total. The number of aliphatic hydroxyl groups is 1. The van der Waals surface area contributed by atoms with Gasteiger partial charge in [-0.2, -0.15) is 0 Å². The second kappa shape index (κ2) is 4.01. The zero-order valence-electron chi connectivity index (χ0n) is 8.99. The van der Waals surface area contributed by atoms with Crippen LogP contribution in [0.25, 0.3) is 0 Å². The molecule has 0 aliphatic heterocycles. The molecule has 14 heavy (non-hydrogen) atoms. The highest BCUT2D eigenvalue weighted by Gasteiger charge is 2.22. The first-order chi connectivity index (χ1) is 6.41. The Bertz CT molecular complexity index is 299. The summed E-state index contributed by atoms with van der Waals surface area (Å²) in [7, 11) is 0. The molecule has 78 valence electrons. The topological polar surface area (TPSA) is 40.5 Å². The Hall–Kier alpha value is -1.02. The van der Waals surface area contributed by atoms with Crippen LogP contribution in [0.15, 0.2) is 24.3 Å². The Balaban J connectivity index is 2.75. The van der Waals surface area contributed by atoms with E-state index in [4.69, 9.17) is 0 Å². The maximum atomic E-state index is 9.85. The molecule has 0 saturated carbocycles. The highest BCUT2D eigenvalue weighted by molar-refractivity contribution is 5.32. The van der Waals surface area contributed by atoms with E-state index < -0.39 is 6.10 Å². The molecule has 1 unspecified atom stereocenters. The number of phenols is 1. The number of hydrogen-bond acceptors (Lipinski definition) is 2. The van der Waals surface area contributed by atoms with E-state index in [9.17, 15) is 10.2 Å². The number of hydrogen-bond donors (Lipinski definition) is 2. The van der Waals surface area contributed by atoms with Crippen molar-refractivity contribution in [2.75, 3.05) is 0 Å². The Morgan fingerprint density at radius 3 is 2.29 bits per heavy atom. The molecule has 0 saturated heterocycles. The summed E-state index contributed by atoms with van der Waals surface area (Å²) in [6.07, 6.45) is 0.0618. The lowest BCUT2D eigenvalue weighted by molar-refractivity contribution is 0.0631. The van der Waals surface area contributed by atoms with Crippen LogP contribution < -0.4 is 0 Å². The summed E-state index contributed by atoms with van der Waals surface area (Å²) in [5.41, 5.74) is 0.650. The molecule has 0 aliphatic rings. The fourth-order valence-electron chi connectivity index (χ4n) is 1.20. The van der Waals surface area contributed by atoms with Crippen molar-refractivity contribution in [3.63, 3.8) is 0 Å². The van der Waals surface area contributed by atoms with Crippen molar-refractivity contribution >= 4 is 0 Å². The number of para-hydroxylation sites is 1. The van der Waals surface area contributed by atoms with Gasteiger partial charge in [0.2, 0.25) is 0 Å². The monoisotopic (exact) mass is 194 g/mol. The molecular weight excluding hydrogens is 176 g/mol. The molecule has 0 bridgehead atoms. The van der Waals surface area contributed by atoms with Crippen molar-refractivity contribution in [1.82, 2.24) is 0 Å². The van der Waals surface area contributed by atoms with Gasteiger partial charge < -0.3 is 10.2 Å². The van der Waals surface area contributed by atoms with Gasteiger partial charge in [0.25, 0.3) is 0 Å². The SMILES string of the molecule is CC(C)(C)C(O)Cc1ccccc1O. The fraction of sp³-hybridized carbons (Fsp3) is 0.500. The van der Waals surface area contributed by atoms with E-state index >= 15 is 0 Å². The average molecular weight is 194 g/mol. The van der Waals surface area contributed by atoms with Gasteiger partial charge in [-0.05, 0) is 17.0 Å². The van der Waals surface area contributed by atoms with Gasteiger partial charge in [-0.3, -0.25) is 0 Å². The van der Waals surface area contributed by atoms with Gasteiger partial charge >= 0.3 is 0 Å². The molecular formula is C12H18O2. The van der Waals surface area contributed by atoms with Gasteiger partial charge in [-0.15, -0.1) is 0 Å². The fourth-order valence-corrected chi connectivity index (χ4v) is 1.20. The van der Waals surface area contributed by atoms with Crippen LogP contribution in [0.1, 0.15) is 26.3 Å². The molecule has 2 heteroatoms. The van der Waals surface area contributed by atoms with Crippen molar-refractivity contribution in [1.29, 1.82) is 0 Å². The molecule has 1 aromatic carbocycles. The third-order valence-electron chi connectivity index (χ3n) is 2.40. The molecule has 0 amide bonds. The summed E-state index contributed by atoms with van der Waals surface area (Å²) in [6, 6.07) is 7.13. The summed E-state index contributed by atoms with van der Waals surface area (Å²) < 4.78 is 0. The van der Waals surface area contributed by atoms with Crippen LogP contribution in [-0.2, 0) is 6.42 Å². The molecule has 1 rings (SSSR count). The lowest BCUT2D eigenvalue weighted by atomic mass is 9.85. The highest BCUT2D eigenvalue weighted by atomic mass is 16.3. The first kappa shape index (κ1) is 11.1. The minimum Gasteiger partial charge on any atom is -0.508 e. The lowest BCUT2D eigenvalue weighted by Crippen LogP contribution is -2.28. The molecule has 0 aromatic heterocycles. The van der Waals surface area contributed by atoms with Crippen LogP contribution in [0, 0.1) is 5.41 Å². The highest BCUT2D eigenvalue weighted by Crippen LogP contribution is 2.25. The normalized spacial score (nSPS) is 14.0. The predicted molar refractivity (Wildman–Crippen MR) is 57.3 cm³/mol. The number of phenolic OH excluding ortho intramolecular Hbond substituents is 1. The minimum absolute atomic E-state index is 0.151. The van der Waals surface area contributed by atoms with E-state index in [0.29, 0.717) is 6.42 Å². The Labute approximate surface area is 85.2 Å². The van der Waals surface area contributed by atoms with Crippen LogP contribution in [0.3, 0.4) is 0 Å². The van der Waals surface area contributed by atoms with Crippen LogP contribution in [0.5, 0.6) is 5.75 Å². The second-order valence-electron chi connectivity index (χ2n) is 4.71. The summed E-state index contributed by atoms with van der Waals surface area (Å²) in [5.74, 6) is 0.260. The van der Waals surface area contributed by atoms with Crippen LogP contribution in [-0.4, -0.2) is 16.3 Å². The van der Waals surface area contributed by atoms with Crippen LogP contribution in [0.2, 0.25) is 0 Å². The number of aliphatic hydroxyl groups excluding tert-OH is 1. The summed E-state index contributed by atoms with van der Waals surface area (Å²) in [4.78, 5) is 0. The average Bonchev–Trinajstić information content (AvgIpc) is 2.07. The molecule has 0 radical (unpaired) electrons. The minimum atomic E-state index is -0.434. The third-order valence-corrected chi connectivity index (χ3v) is 2.40. The van der Waals surface area contributed by atoms with Crippen LogP contribution >= 0.6 is 0 Å². The number of aromatic hydroxyl groups is 1. The predicted octanol–water partition coefficient (Wildman–Crippen LogP) is 2.34. The molecule has 0 heterocycles. The maximum absolute atomic E-state index is 9.85. The maximum Gasteiger partial charge on any atom is 0.118 e. The Morgan fingerprint density at radius 2 is 1.79 bits per heavy atom. The zero-order valence-corrected chi connectivity index (χ0v) is 8.99. The lowest BCUT2D eigenvalue weighted by Gasteiger charge is -2.26. The Morgan fingerprint density at radius 1 is 1.21 bits per heavy atom. The Kier molecular flexibility index (Phi) is 3.17. The molecule has 0 fully saturated rings. The van der Waals surface area contributed by atoms with Crippen molar-refractivity contribution in [3.8, 4) is 5.75 Å². The molecule has 2 N–H and O–H groups in total. The van der Waals surface area contributed by atoms with E-state index in [1.165, 1.54) is 0 Å². The number of rotatable bonds is 2. The number of benzene rings is 1. The van der Waals surface area contributed by atoms with Gasteiger partial charge in [0.05, 0.1) is 6.10 Å². The molecule has 1 aromatic rings. The van der Waals surface area contributed by atoms with Gasteiger partial charge in [-0.1, -0.05) is 39.0 Å². The smallest absolute Gasteiger partial charge is 0.118 e. The largest absolute Gasteiger partial charge is 0.508 e. The van der Waals surface area contributed by atoms with Crippen molar-refractivity contribution < 1.29 is 10.2 Å². The van der Waals surface area contributed by atoms with Gasteiger partial charge in [-0.25, -0.2) is 0 Å². The van der Waals surface area contributed by atoms with E-state index in [2.05, 4.69) is 0 Å². The molecule has 0 spiro atoms. The van der Waals surface area contributed by atoms with Crippen molar-refractivity contribution in [2.24, 2.45) is 5.41 Å². The first-order valence-corrected chi connectivity index (χ1v) is 4.86. The van der Waals surface area contributed by atoms with Gasteiger partial charge in [0.15, 0.2) is 0 Å². The van der Waals surface area contributed by atoms with E-state index in [0.717, 1.165) is 5.56 Å². The van der Waals surface area contributed by atoms with E-state index in [-0.39, 0.29) is 11.2 Å². The zero-order chi connectivity index (χ0) is 10.8. The van der Waals surface area contributed by atoms with E-state index in [1.807, 2.05) is 32.9 Å². The van der Waals surface area contributed by atoms with Gasteiger partial charge in [0.1, 0.15) is 5.75 Å². The van der Waals surface area contributed by atoms with Crippen molar-refractivity contribution in [3.05, 3.63) is 29.8 Å². The summed E-state index contributed by atoms with van der Waals surface area (Å²) in [6.45, 7) is 5.95. The van der Waals surface area contributed by atoms with Crippen molar-refractivity contribution in [2.45, 2.75) is 33.3 Å². The second-order valence-corrected chi connectivity index (χ2v) is 4.71. The standard InChI is InChI=1S/C12H18O2/c1-12(2,3)11(14)8-9-6-4-5-7-10(9)13/h4-7,11,13-14H,8H2,1-3H3. The van der Waals surface area contributed by atoms with E-state index in [1.54, 1.807) is 12.1 Å². The molecule has 1 atom stereocenters. The van der Waals surface area contributed by atoms with Gasteiger partial charge in [0, 0.05) is 6.42 Å². The molecule has 0 aliphatic carbocycles.